The Morgan fingerprint density at radius 1 is 0.862 bits per heavy atom. The van der Waals surface area contributed by atoms with Crippen molar-refractivity contribution in [3.8, 4) is 5.75 Å². The maximum atomic E-state index is 12.5. The van der Waals surface area contributed by atoms with Crippen LogP contribution in [0.25, 0.3) is 0 Å². The molecule has 2 aromatic rings. The molecule has 0 atom stereocenters. The first-order valence-corrected chi connectivity index (χ1v) is 10.9. The third-order valence-electron chi connectivity index (χ3n) is 4.48. The minimum Gasteiger partial charge on any atom is -0.497 e. The largest absolute Gasteiger partial charge is 0.497 e. The van der Waals surface area contributed by atoms with Crippen molar-refractivity contribution in [1.29, 1.82) is 0 Å². The van der Waals surface area contributed by atoms with E-state index >= 15 is 0 Å². The number of amides is 2. The van der Waals surface area contributed by atoms with Gasteiger partial charge < -0.3 is 15.4 Å². The number of nitrogens with one attached hydrogen (secondary N) is 2. The minimum atomic E-state index is -0.140. The Bertz CT molecular complexity index is 806. The highest BCUT2D eigenvalue weighted by atomic mass is 32.2. The lowest BCUT2D eigenvalue weighted by atomic mass is 9.92. The Morgan fingerprint density at radius 3 is 1.86 bits per heavy atom. The molecule has 2 amide bonds. The topological polar surface area (TPSA) is 67.4 Å². The SMILES string of the molecule is COc1ccc(NC(=O)CSCC(=O)Nc2c(C(C)C)cccc2C(C)C)cc1. The van der Waals surface area contributed by atoms with E-state index in [9.17, 15) is 9.59 Å². The minimum absolute atomic E-state index is 0.0951. The predicted molar refractivity (Wildman–Crippen MR) is 122 cm³/mol. The molecule has 29 heavy (non-hydrogen) atoms. The average molecular weight is 415 g/mol. The smallest absolute Gasteiger partial charge is 0.234 e. The maximum absolute atomic E-state index is 12.5. The molecule has 0 spiro atoms. The van der Waals surface area contributed by atoms with Gasteiger partial charge in [0.1, 0.15) is 5.75 Å². The van der Waals surface area contributed by atoms with E-state index in [1.54, 1.807) is 31.4 Å². The number of thioether (sulfide) groups is 1. The monoisotopic (exact) mass is 414 g/mol. The summed E-state index contributed by atoms with van der Waals surface area (Å²) in [5, 5.41) is 5.89. The third-order valence-corrected chi connectivity index (χ3v) is 5.41. The van der Waals surface area contributed by atoms with E-state index in [4.69, 9.17) is 4.74 Å². The summed E-state index contributed by atoms with van der Waals surface area (Å²) in [6, 6.07) is 13.3. The molecule has 2 aromatic carbocycles. The molecule has 2 rings (SSSR count). The number of rotatable bonds is 9. The summed E-state index contributed by atoms with van der Waals surface area (Å²) in [7, 11) is 1.60. The second-order valence-electron chi connectivity index (χ2n) is 7.44. The molecule has 0 aromatic heterocycles. The zero-order chi connectivity index (χ0) is 21.4. The van der Waals surface area contributed by atoms with Crippen LogP contribution in [0.3, 0.4) is 0 Å². The van der Waals surface area contributed by atoms with Crippen molar-refractivity contribution >= 4 is 35.0 Å². The highest BCUT2D eigenvalue weighted by Gasteiger charge is 2.16. The molecule has 2 N–H and O–H groups in total. The van der Waals surface area contributed by atoms with Gasteiger partial charge in [-0.3, -0.25) is 9.59 Å². The number of methoxy groups -OCH3 is 1. The normalized spacial score (nSPS) is 10.9. The van der Waals surface area contributed by atoms with Crippen LogP contribution in [0.15, 0.2) is 42.5 Å². The Morgan fingerprint density at radius 2 is 1.38 bits per heavy atom. The van der Waals surface area contributed by atoms with Crippen LogP contribution in [0.5, 0.6) is 5.75 Å². The zero-order valence-electron chi connectivity index (χ0n) is 17.7. The molecule has 0 aliphatic rings. The fourth-order valence-electron chi connectivity index (χ4n) is 2.98. The van der Waals surface area contributed by atoms with Gasteiger partial charge in [-0.2, -0.15) is 0 Å². The number of hydrogen-bond acceptors (Lipinski definition) is 4. The second-order valence-corrected chi connectivity index (χ2v) is 8.42. The van der Waals surface area contributed by atoms with E-state index < -0.39 is 0 Å². The molecule has 0 aliphatic heterocycles. The molecule has 156 valence electrons. The van der Waals surface area contributed by atoms with Crippen molar-refractivity contribution in [1.82, 2.24) is 0 Å². The van der Waals surface area contributed by atoms with Gasteiger partial charge in [0.25, 0.3) is 0 Å². The maximum Gasteiger partial charge on any atom is 0.234 e. The van der Waals surface area contributed by atoms with Crippen molar-refractivity contribution in [2.24, 2.45) is 0 Å². The zero-order valence-corrected chi connectivity index (χ0v) is 18.6. The summed E-state index contributed by atoms with van der Waals surface area (Å²) in [5.74, 6) is 1.55. The van der Waals surface area contributed by atoms with Gasteiger partial charge in [-0.1, -0.05) is 45.9 Å². The molecule has 0 unspecified atom stereocenters. The van der Waals surface area contributed by atoms with Gasteiger partial charge in [-0.25, -0.2) is 0 Å². The molecule has 0 radical (unpaired) electrons. The van der Waals surface area contributed by atoms with E-state index in [0.717, 1.165) is 22.6 Å². The van der Waals surface area contributed by atoms with Gasteiger partial charge >= 0.3 is 0 Å². The number of ether oxygens (including phenoxy) is 1. The van der Waals surface area contributed by atoms with E-state index in [-0.39, 0.29) is 23.3 Å². The van der Waals surface area contributed by atoms with Crippen molar-refractivity contribution < 1.29 is 14.3 Å². The van der Waals surface area contributed by atoms with E-state index in [2.05, 4.69) is 50.5 Å². The van der Waals surface area contributed by atoms with Gasteiger partial charge in [0.05, 0.1) is 18.6 Å². The lowest BCUT2D eigenvalue weighted by Gasteiger charge is -2.20. The summed E-state index contributed by atoms with van der Waals surface area (Å²) in [5.41, 5.74) is 3.87. The van der Waals surface area contributed by atoms with Gasteiger partial charge in [-0.15, -0.1) is 11.8 Å². The van der Waals surface area contributed by atoms with Crippen molar-refractivity contribution in [3.05, 3.63) is 53.6 Å². The highest BCUT2D eigenvalue weighted by molar-refractivity contribution is 8.00. The fraction of sp³-hybridized carbons (Fsp3) is 0.391. The van der Waals surface area contributed by atoms with Gasteiger partial charge in [-0.05, 0) is 47.2 Å². The first-order chi connectivity index (χ1) is 13.8. The fourth-order valence-corrected chi connectivity index (χ4v) is 3.60. The van der Waals surface area contributed by atoms with E-state index in [0.29, 0.717) is 17.5 Å². The Hall–Kier alpha value is -2.47. The summed E-state index contributed by atoms with van der Waals surface area (Å²) >= 11 is 1.30. The average Bonchev–Trinajstić information content (AvgIpc) is 2.68. The van der Waals surface area contributed by atoms with Crippen molar-refractivity contribution in [2.75, 3.05) is 29.2 Å². The molecular formula is C23H30N2O3S. The van der Waals surface area contributed by atoms with Gasteiger partial charge in [0.2, 0.25) is 11.8 Å². The molecule has 0 heterocycles. The molecule has 6 heteroatoms. The van der Waals surface area contributed by atoms with Crippen molar-refractivity contribution in [3.63, 3.8) is 0 Å². The standard InChI is InChI=1S/C23H30N2O3S/c1-15(2)19-7-6-8-20(16(3)4)23(19)25-22(27)14-29-13-21(26)24-17-9-11-18(28-5)12-10-17/h6-12,15-16H,13-14H2,1-5H3,(H,24,26)(H,25,27). The third kappa shape index (κ3) is 6.82. The molecule has 0 saturated heterocycles. The molecular weight excluding hydrogens is 384 g/mol. The van der Waals surface area contributed by atoms with Crippen LogP contribution in [0.2, 0.25) is 0 Å². The lowest BCUT2D eigenvalue weighted by Crippen LogP contribution is -2.20. The van der Waals surface area contributed by atoms with Crippen LogP contribution in [0.4, 0.5) is 11.4 Å². The first-order valence-electron chi connectivity index (χ1n) is 9.76. The van der Waals surface area contributed by atoms with Crippen LogP contribution in [0, 0.1) is 0 Å². The first kappa shape index (κ1) is 22.8. The second kappa shape index (κ2) is 10.9. The van der Waals surface area contributed by atoms with Crippen LogP contribution < -0.4 is 15.4 Å². The quantitative estimate of drug-likeness (QED) is 0.588. The lowest BCUT2D eigenvalue weighted by molar-refractivity contribution is -0.114. The van der Waals surface area contributed by atoms with Crippen LogP contribution in [-0.2, 0) is 9.59 Å². The Kier molecular flexibility index (Phi) is 8.58. The number of para-hydroxylation sites is 1. The Labute approximate surface area is 177 Å². The Balaban J connectivity index is 1.89. The number of carbonyl (C=O) groups is 2. The summed E-state index contributed by atoms with van der Waals surface area (Å²) < 4.78 is 5.10. The van der Waals surface area contributed by atoms with E-state index in [1.165, 1.54) is 11.8 Å². The highest BCUT2D eigenvalue weighted by Crippen LogP contribution is 2.32. The number of carbonyl (C=O) groups excluding carboxylic acids is 2. The molecule has 0 aliphatic carbocycles. The molecule has 5 nitrogen and oxygen atoms in total. The summed E-state index contributed by atoms with van der Waals surface area (Å²) in [4.78, 5) is 24.6. The predicted octanol–water partition coefficient (Wildman–Crippen LogP) is 5.25. The van der Waals surface area contributed by atoms with Gasteiger partial charge in [0, 0.05) is 11.4 Å². The number of hydrogen-bond donors (Lipinski definition) is 2. The van der Waals surface area contributed by atoms with Crippen LogP contribution >= 0.6 is 11.8 Å². The molecule has 0 bridgehead atoms. The van der Waals surface area contributed by atoms with E-state index in [1.807, 2.05) is 6.07 Å². The molecule has 0 saturated carbocycles. The number of benzene rings is 2. The molecule has 0 fully saturated rings. The summed E-state index contributed by atoms with van der Waals surface area (Å²) in [6.07, 6.45) is 0. The summed E-state index contributed by atoms with van der Waals surface area (Å²) in [6.45, 7) is 8.47. The number of anilines is 2. The van der Waals surface area contributed by atoms with Gasteiger partial charge in [0.15, 0.2) is 0 Å². The van der Waals surface area contributed by atoms with Crippen molar-refractivity contribution in [2.45, 2.75) is 39.5 Å². The van der Waals surface area contributed by atoms with Crippen LogP contribution in [-0.4, -0.2) is 30.4 Å². The van der Waals surface area contributed by atoms with Crippen LogP contribution in [0.1, 0.15) is 50.7 Å².